The van der Waals surface area contributed by atoms with Crippen molar-refractivity contribution in [2.75, 3.05) is 24.6 Å². The minimum atomic E-state index is 0.0230. The Kier molecular flexibility index (Phi) is 5.17. The van der Waals surface area contributed by atoms with Gasteiger partial charge in [-0.05, 0) is 62.5 Å². The number of ether oxygens (including phenoxy) is 1. The van der Waals surface area contributed by atoms with Gasteiger partial charge in [-0.3, -0.25) is 9.59 Å². The molecule has 4 rings (SSSR count). The molecular formula is C21H29N3O3. The molecule has 2 saturated carbocycles. The molecule has 146 valence electrons. The average Bonchev–Trinajstić information content (AvgIpc) is 3.37. The first-order chi connectivity index (χ1) is 13.0. The SMILES string of the molecule is CC(=O)N[C@@H]1C[C@@H]2CN(c3ccc(C(C)=O)cn3)C[C@@H]2C[C@H]1OCC1CC1. The van der Waals surface area contributed by atoms with Gasteiger partial charge in [-0.25, -0.2) is 4.98 Å². The minimum absolute atomic E-state index is 0.0230. The molecule has 1 N–H and O–H groups in total. The first kappa shape index (κ1) is 18.4. The molecular weight excluding hydrogens is 342 g/mol. The van der Waals surface area contributed by atoms with Crippen molar-refractivity contribution in [1.82, 2.24) is 10.3 Å². The fourth-order valence-corrected chi connectivity index (χ4v) is 4.52. The molecule has 2 aliphatic carbocycles. The van der Waals surface area contributed by atoms with Gasteiger partial charge in [0.05, 0.1) is 12.1 Å². The van der Waals surface area contributed by atoms with Crippen molar-refractivity contribution in [3.63, 3.8) is 0 Å². The number of fused-ring (bicyclic) bond motifs is 1. The number of carbonyl (C=O) groups excluding carboxylic acids is 2. The van der Waals surface area contributed by atoms with Gasteiger partial charge in [0, 0.05) is 38.4 Å². The molecule has 4 atom stereocenters. The van der Waals surface area contributed by atoms with Crippen molar-refractivity contribution in [2.45, 2.75) is 51.7 Å². The Balaban J connectivity index is 1.42. The van der Waals surface area contributed by atoms with E-state index >= 15 is 0 Å². The number of carbonyl (C=O) groups is 2. The van der Waals surface area contributed by atoms with Gasteiger partial charge >= 0.3 is 0 Å². The van der Waals surface area contributed by atoms with E-state index in [1.165, 1.54) is 12.8 Å². The summed E-state index contributed by atoms with van der Waals surface area (Å²) in [6.45, 7) is 5.89. The Hall–Kier alpha value is -1.95. The molecule has 0 bridgehead atoms. The van der Waals surface area contributed by atoms with Gasteiger partial charge in [-0.1, -0.05) is 0 Å². The lowest BCUT2D eigenvalue weighted by Gasteiger charge is -2.38. The van der Waals surface area contributed by atoms with Crippen LogP contribution >= 0.6 is 0 Å². The van der Waals surface area contributed by atoms with E-state index in [1.54, 1.807) is 20.0 Å². The maximum atomic E-state index is 11.7. The van der Waals surface area contributed by atoms with E-state index < -0.39 is 0 Å². The maximum absolute atomic E-state index is 11.7. The highest BCUT2D eigenvalue weighted by atomic mass is 16.5. The molecule has 6 heteroatoms. The normalized spacial score (nSPS) is 30.1. The van der Waals surface area contributed by atoms with Crippen molar-refractivity contribution in [2.24, 2.45) is 17.8 Å². The third-order valence-electron chi connectivity index (χ3n) is 6.23. The van der Waals surface area contributed by atoms with Crippen LogP contribution in [0.15, 0.2) is 18.3 Å². The quantitative estimate of drug-likeness (QED) is 0.778. The second kappa shape index (κ2) is 7.58. The summed E-state index contributed by atoms with van der Waals surface area (Å²) < 4.78 is 6.23. The highest BCUT2D eigenvalue weighted by Gasteiger charge is 2.43. The lowest BCUT2D eigenvalue weighted by atomic mass is 9.77. The Bertz CT molecular complexity index is 701. The molecule has 0 unspecified atom stereocenters. The zero-order valence-electron chi connectivity index (χ0n) is 16.2. The van der Waals surface area contributed by atoms with E-state index in [-0.39, 0.29) is 23.8 Å². The summed E-state index contributed by atoms with van der Waals surface area (Å²) in [5, 5.41) is 3.13. The third-order valence-corrected chi connectivity index (χ3v) is 6.23. The fourth-order valence-electron chi connectivity index (χ4n) is 4.52. The lowest BCUT2D eigenvalue weighted by molar-refractivity contribution is -0.122. The highest BCUT2D eigenvalue weighted by Crippen LogP contribution is 2.40. The fraction of sp³-hybridized carbons (Fsp3) is 0.667. The minimum Gasteiger partial charge on any atom is -0.376 e. The topological polar surface area (TPSA) is 71.5 Å². The highest BCUT2D eigenvalue weighted by molar-refractivity contribution is 5.93. The van der Waals surface area contributed by atoms with Crippen LogP contribution in [0.25, 0.3) is 0 Å². The Morgan fingerprint density at radius 3 is 2.52 bits per heavy atom. The number of hydrogen-bond donors (Lipinski definition) is 1. The molecule has 0 spiro atoms. The Morgan fingerprint density at radius 2 is 1.93 bits per heavy atom. The summed E-state index contributed by atoms with van der Waals surface area (Å²) in [7, 11) is 0. The zero-order chi connectivity index (χ0) is 19.0. The zero-order valence-corrected chi connectivity index (χ0v) is 16.2. The number of anilines is 1. The second-order valence-electron chi connectivity index (χ2n) is 8.48. The molecule has 1 amide bonds. The van der Waals surface area contributed by atoms with Crippen molar-refractivity contribution < 1.29 is 14.3 Å². The van der Waals surface area contributed by atoms with Crippen LogP contribution in [0.1, 0.15) is 49.9 Å². The van der Waals surface area contributed by atoms with Gasteiger partial charge in [0.15, 0.2) is 5.78 Å². The van der Waals surface area contributed by atoms with E-state index in [0.717, 1.165) is 44.3 Å². The molecule has 27 heavy (non-hydrogen) atoms. The van der Waals surface area contributed by atoms with E-state index in [2.05, 4.69) is 15.2 Å². The largest absolute Gasteiger partial charge is 0.376 e. The van der Waals surface area contributed by atoms with Gasteiger partial charge in [0.1, 0.15) is 5.82 Å². The summed E-state index contributed by atoms with van der Waals surface area (Å²) in [5.41, 5.74) is 0.648. The second-order valence-corrected chi connectivity index (χ2v) is 8.48. The summed E-state index contributed by atoms with van der Waals surface area (Å²) in [6.07, 6.45) is 6.29. The van der Waals surface area contributed by atoms with E-state index in [9.17, 15) is 9.59 Å². The first-order valence-corrected chi connectivity index (χ1v) is 10.1. The molecule has 6 nitrogen and oxygen atoms in total. The van der Waals surface area contributed by atoms with Gasteiger partial charge in [-0.2, -0.15) is 0 Å². The molecule has 2 heterocycles. The van der Waals surface area contributed by atoms with Crippen LogP contribution in [0, 0.1) is 17.8 Å². The molecule has 0 radical (unpaired) electrons. The number of nitrogens with one attached hydrogen (secondary N) is 1. The number of aromatic nitrogens is 1. The number of rotatable bonds is 6. The Morgan fingerprint density at radius 1 is 1.19 bits per heavy atom. The van der Waals surface area contributed by atoms with Gasteiger partial charge in [0.25, 0.3) is 0 Å². The molecule has 1 aromatic heterocycles. The average molecular weight is 371 g/mol. The monoisotopic (exact) mass is 371 g/mol. The van der Waals surface area contributed by atoms with E-state index in [0.29, 0.717) is 17.4 Å². The lowest BCUT2D eigenvalue weighted by Crippen LogP contribution is -2.50. The number of Topliss-reactive ketones (excluding diaryl/α,β-unsaturated/α-hetero) is 1. The first-order valence-electron chi connectivity index (χ1n) is 10.1. The third kappa shape index (κ3) is 4.32. The predicted octanol–water partition coefficient (Wildman–Crippen LogP) is 2.43. The van der Waals surface area contributed by atoms with Crippen molar-refractivity contribution in [1.29, 1.82) is 0 Å². The van der Waals surface area contributed by atoms with Crippen molar-refractivity contribution in [3.05, 3.63) is 23.9 Å². The van der Waals surface area contributed by atoms with Gasteiger partial charge < -0.3 is 15.0 Å². The van der Waals surface area contributed by atoms with E-state index in [1.807, 2.05) is 12.1 Å². The van der Waals surface area contributed by atoms with Crippen molar-refractivity contribution in [3.8, 4) is 0 Å². The summed E-state index contributed by atoms with van der Waals surface area (Å²) in [5.74, 6) is 2.82. The van der Waals surface area contributed by atoms with Crippen LogP contribution in [-0.2, 0) is 9.53 Å². The van der Waals surface area contributed by atoms with Crippen LogP contribution < -0.4 is 10.2 Å². The van der Waals surface area contributed by atoms with Gasteiger partial charge in [-0.15, -0.1) is 0 Å². The number of nitrogens with zero attached hydrogens (tertiary/aromatic N) is 2. The van der Waals surface area contributed by atoms with Crippen LogP contribution in [0.2, 0.25) is 0 Å². The number of pyridine rings is 1. The molecule has 1 aromatic rings. The standard InChI is InChI=1S/C21H29N3O3/c1-13(25)16-5-6-21(22-9-16)24-10-17-7-19(23-14(2)26)20(8-18(17)11-24)27-12-15-3-4-15/h5-6,9,15,17-20H,3-4,7-8,10-12H2,1-2H3,(H,23,26)/t17-,18+,19-,20-/m1/s1. The summed E-state index contributed by atoms with van der Waals surface area (Å²) in [6, 6.07) is 3.91. The summed E-state index contributed by atoms with van der Waals surface area (Å²) >= 11 is 0. The van der Waals surface area contributed by atoms with Gasteiger partial charge in [0.2, 0.25) is 5.91 Å². The number of hydrogen-bond acceptors (Lipinski definition) is 5. The van der Waals surface area contributed by atoms with Crippen LogP contribution in [0.4, 0.5) is 5.82 Å². The molecule has 1 aliphatic heterocycles. The summed E-state index contributed by atoms with van der Waals surface area (Å²) in [4.78, 5) is 29.9. The molecule has 3 fully saturated rings. The maximum Gasteiger partial charge on any atom is 0.217 e. The molecule has 3 aliphatic rings. The van der Waals surface area contributed by atoms with Crippen molar-refractivity contribution >= 4 is 17.5 Å². The molecule has 1 saturated heterocycles. The number of amides is 1. The van der Waals surface area contributed by atoms with Crippen LogP contribution in [0.3, 0.4) is 0 Å². The Labute approximate surface area is 160 Å². The molecule has 0 aromatic carbocycles. The van der Waals surface area contributed by atoms with Crippen LogP contribution in [0.5, 0.6) is 0 Å². The predicted molar refractivity (Wildman–Crippen MR) is 103 cm³/mol. The van der Waals surface area contributed by atoms with E-state index in [4.69, 9.17) is 4.74 Å². The number of ketones is 1. The smallest absolute Gasteiger partial charge is 0.217 e. The van der Waals surface area contributed by atoms with Crippen LogP contribution in [-0.4, -0.2) is 48.5 Å².